The van der Waals surface area contributed by atoms with Gasteiger partial charge in [-0.25, -0.2) is 4.39 Å². The normalized spacial score (nSPS) is 31.8. The van der Waals surface area contributed by atoms with E-state index in [0.717, 1.165) is 12.0 Å². The van der Waals surface area contributed by atoms with E-state index in [1.54, 1.807) is 0 Å². The van der Waals surface area contributed by atoms with Crippen LogP contribution in [0.25, 0.3) is 0 Å². The molecule has 0 radical (unpaired) electrons. The van der Waals surface area contributed by atoms with Crippen LogP contribution < -0.4 is 10.1 Å². The van der Waals surface area contributed by atoms with Crippen LogP contribution in [0.5, 0.6) is 5.75 Å². The van der Waals surface area contributed by atoms with E-state index < -0.39 is 0 Å². The van der Waals surface area contributed by atoms with Gasteiger partial charge in [-0.15, -0.1) is 0 Å². The number of fused-ring (bicyclic) bond motifs is 1. The predicted molar refractivity (Wildman–Crippen MR) is 64.6 cm³/mol. The molecule has 1 aromatic rings. The van der Waals surface area contributed by atoms with Crippen molar-refractivity contribution in [3.8, 4) is 5.75 Å². The van der Waals surface area contributed by atoms with Gasteiger partial charge in [0.25, 0.3) is 0 Å². The minimum Gasteiger partial charge on any atom is -0.487 e. The molecular weight excluding hydrogens is 217 g/mol. The minimum atomic E-state index is -0.223. The zero-order valence-corrected chi connectivity index (χ0v) is 10.3. The van der Waals surface area contributed by atoms with Crippen molar-refractivity contribution in [3.05, 3.63) is 29.6 Å². The summed E-state index contributed by atoms with van der Waals surface area (Å²) in [6, 6.07) is 5.12. The van der Waals surface area contributed by atoms with E-state index >= 15 is 0 Å². The third-order valence-electron chi connectivity index (χ3n) is 4.09. The lowest BCUT2D eigenvalue weighted by atomic mass is 9.85. The standard InChI is InChI=1S/C14H18FNO/c1-14(9-3-4-9)8-12(16-2)11-6-5-10(15)7-13(11)17-14/h5-7,9,12,16H,3-4,8H2,1-2H3. The first kappa shape index (κ1) is 11.0. The zero-order valence-electron chi connectivity index (χ0n) is 10.3. The summed E-state index contributed by atoms with van der Waals surface area (Å²) in [6.07, 6.45) is 3.43. The van der Waals surface area contributed by atoms with Crippen LogP contribution in [0.2, 0.25) is 0 Å². The molecule has 0 spiro atoms. The van der Waals surface area contributed by atoms with E-state index in [1.807, 2.05) is 13.1 Å². The second kappa shape index (κ2) is 3.70. The summed E-state index contributed by atoms with van der Waals surface area (Å²) in [5.41, 5.74) is 0.945. The summed E-state index contributed by atoms with van der Waals surface area (Å²) in [5, 5.41) is 3.31. The van der Waals surface area contributed by atoms with Gasteiger partial charge < -0.3 is 10.1 Å². The molecule has 17 heavy (non-hydrogen) atoms. The van der Waals surface area contributed by atoms with Crippen molar-refractivity contribution >= 4 is 0 Å². The van der Waals surface area contributed by atoms with Crippen molar-refractivity contribution in [2.75, 3.05) is 7.05 Å². The average molecular weight is 235 g/mol. The maximum absolute atomic E-state index is 13.3. The number of rotatable bonds is 2. The van der Waals surface area contributed by atoms with Crippen molar-refractivity contribution in [1.29, 1.82) is 0 Å². The van der Waals surface area contributed by atoms with Crippen molar-refractivity contribution in [3.63, 3.8) is 0 Å². The van der Waals surface area contributed by atoms with E-state index in [2.05, 4.69) is 12.2 Å². The number of halogens is 1. The smallest absolute Gasteiger partial charge is 0.127 e. The quantitative estimate of drug-likeness (QED) is 0.850. The molecule has 0 aromatic heterocycles. The Morgan fingerprint density at radius 3 is 2.82 bits per heavy atom. The second-order valence-corrected chi connectivity index (χ2v) is 5.42. The summed E-state index contributed by atoms with van der Waals surface area (Å²) in [7, 11) is 1.95. The van der Waals surface area contributed by atoms with Gasteiger partial charge in [-0.1, -0.05) is 6.07 Å². The SMILES string of the molecule is CNC1CC(C)(C2CC2)Oc2cc(F)ccc21. The Balaban J connectivity index is 2.00. The third kappa shape index (κ3) is 1.82. The van der Waals surface area contributed by atoms with Crippen LogP contribution in [-0.2, 0) is 0 Å². The Bertz CT molecular complexity index is 444. The van der Waals surface area contributed by atoms with Crippen LogP contribution in [0.1, 0.15) is 37.8 Å². The molecule has 1 heterocycles. The Morgan fingerprint density at radius 2 is 2.18 bits per heavy atom. The molecule has 1 fully saturated rings. The molecule has 1 N–H and O–H groups in total. The summed E-state index contributed by atoms with van der Waals surface area (Å²) in [6.45, 7) is 2.16. The monoisotopic (exact) mass is 235 g/mol. The Hall–Kier alpha value is -1.09. The fourth-order valence-corrected chi connectivity index (χ4v) is 2.89. The van der Waals surface area contributed by atoms with E-state index in [4.69, 9.17) is 4.74 Å². The molecular formula is C14H18FNO. The number of hydrogen-bond acceptors (Lipinski definition) is 2. The third-order valence-corrected chi connectivity index (χ3v) is 4.09. The molecule has 1 aliphatic carbocycles. The van der Waals surface area contributed by atoms with Crippen molar-refractivity contribution in [1.82, 2.24) is 5.32 Å². The van der Waals surface area contributed by atoms with Gasteiger partial charge in [0.2, 0.25) is 0 Å². The summed E-state index contributed by atoms with van der Waals surface area (Å²) >= 11 is 0. The van der Waals surface area contributed by atoms with Crippen LogP contribution in [0, 0.1) is 11.7 Å². The van der Waals surface area contributed by atoms with Gasteiger partial charge in [0, 0.05) is 24.1 Å². The van der Waals surface area contributed by atoms with Gasteiger partial charge in [-0.2, -0.15) is 0 Å². The lowest BCUT2D eigenvalue weighted by Crippen LogP contribution is -2.43. The largest absolute Gasteiger partial charge is 0.487 e. The highest BCUT2D eigenvalue weighted by molar-refractivity contribution is 5.39. The average Bonchev–Trinajstić information content (AvgIpc) is 3.11. The van der Waals surface area contributed by atoms with E-state index in [0.29, 0.717) is 11.7 Å². The van der Waals surface area contributed by atoms with Gasteiger partial charge >= 0.3 is 0 Å². The molecule has 3 heteroatoms. The first-order valence-corrected chi connectivity index (χ1v) is 6.28. The van der Waals surface area contributed by atoms with Crippen LogP contribution in [0.3, 0.4) is 0 Å². The molecule has 92 valence electrons. The van der Waals surface area contributed by atoms with E-state index in [1.165, 1.54) is 25.0 Å². The number of hydrogen-bond donors (Lipinski definition) is 1. The Labute approximate surface area is 101 Å². The molecule has 1 aromatic carbocycles. The Morgan fingerprint density at radius 1 is 1.41 bits per heavy atom. The molecule has 0 bridgehead atoms. The summed E-state index contributed by atoms with van der Waals surface area (Å²) < 4.78 is 19.4. The van der Waals surface area contributed by atoms with E-state index in [-0.39, 0.29) is 17.5 Å². The molecule has 1 aliphatic heterocycles. The molecule has 0 amide bonds. The van der Waals surface area contributed by atoms with Crippen LogP contribution in [0.4, 0.5) is 4.39 Å². The minimum absolute atomic E-state index is 0.130. The van der Waals surface area contributed by atoms with Crippen LogP contribution in [-0.4, -0.2) is 12.6 Å². The first-order chi connectivity index (χ1) is 8.12. The van der Waals surface area contributed by atoms with Gasteiger partial charge in [0.15, 0.2) is 0 Å². The second-order valence-electron chi connectivity index (χ2n) is 5.42. The number of ether oxygens (including phenoxy) is 1. The highest BCUT2D eigenvalue weighted by Crippen LogP contribution is 2.50. The number of nitrogens with one attached hydrogen (secondary N) is 1. The van der Waals surface area contributed by atoms with Crippen molar-refractivity contribution in [2.45, 2.75) is 37.8 Å². The zero-order chi connectivity index (χ0) is 12.0. The van der Waals surface area contributed by atoms with Gasteiger partial charge in [-0.3, -0.25) is 0 Å². The summed E-state index contributed by atoms with van der Waals surface area (Å²) in [5.74, 6) is 1.12. The molecule has 2 unspecified atom stereocenters. The molecule has 0 saturated heterocycles. The molecule has 1 saturated carbocycles. The molecule has 2 atom stereocenters. The molecule has 2 aliphatic rings. The fraction of sp³-hybridized carbons (Fsp3) is 0.571. The van der Waals surface area contributed by atoms with Crippen LogP contribution >= 0.6 is 0 Å². The highest BCUT2D eigenvalue weighted by Gasteiger charge is 2.47. The van der Waals surface area contributed by atoms with Crippen LogP contribution in [0.15, 0.2) is 18.2 Å². The maximum atomic E-state index is 13.3. The van der Waals surface area contributed by atoms with E-state index in [9.17, 15) is 4.39 Å². The molecule has 3 rings (SSSR count). The maximum Gasteiger partial charge on any atom is 0.127 e. The Kier molecular flexibility index (Phi) is 2.40. The topological polar surface area (TPSA) is 21.3 Å². The lowest BCUT2D eigenvalue weighted by Gasteiger charge is -2.40. The van der Waals surface area contributed by atoms with Crippen molar-refractivity contribution in [2.24, 2.45) is 5.92 Å². The number of benzene rings is 1. The van der Waals surface area contributed by atoms with Gasteiger partial charge in [0.1, 0.15) is 17.2 Å². The molecule has 2 nitrogen and oxygen atoms in total. The van der Waals surface area contributed by atoms with Gasteiger partial charge in [-0.05, 0) is 38.8 Å². The lowest BCUT2D eigenvalue weighted by molar-refractivity contribution is 0.0276. The summed E-state index contributed by atoms with van der Waals surface area (Å²) in [4.78, 5) is 0. The predicted octanol–water partition coefficient (Wildman–Crippen LogP) is 3.04. The highest BCUT2D eigenvalue weighted by atomic mass is 19.1. The first-order valence-electron chi connectivity index (χ1n) is 6.28. The van der Waals surface area contributed by atoms with Crippen molar-refractivity contribution < 1.29 is 9.13 Å². The van der Waals surface area contributed by atoms with Gasteiger partial charge in [0.05, 0.1) is 0 Å². The fourth-order valence-electron chi connectivity index (χ4n) is 2.89.